The summed E-state index contributed by atoms with van der Waals surface area (Å²) in [6.07, 6.45) is -3.37. The lowest BCUT2D eigenvalue weighted by atomic mass is 10.1. The van der Waals surface area contributed by atoms with Crippen LogP contribution in [0.25, 0.3) is 11.2 Å². The average Bonchev–Trinajstić information content (AvgIpc) is 3.44. The third kappa shape index (κ3) is 4.36. The van der Waals surface area contributed by atoms with Crippen molar-refractivity contribution in [3.63, 3.8) is 0 Å². The monoisotopic (exact) mass is 497 g/mol. The van der Waals surface area contributed by atoms with E-state index < -0.39 is 32.1 Å². The van der Waals surface area contributed by atoms with Gasteiger partial charge in [0.05, 0.1) is 6.33 Å². The lowest BCUT2D eigenvalue weighted by Gasteiger charge is -2.19. The van der Waals surface area contributed by atoms with Crippen LogP contribution in [-0.4, -0.2) is 66.2 Å². The maximum Gasteiger partial charge on any atom is 0.352 e. The van der Waals surface area contributed by atoms with Gasteiger partial charge in [-0.15, -0.1) is 4.67 Å². The Bertz CT molecular complexity index is 1210. The standard InChI is InChI=1S/C19H21ClN5O7P/c1-33(28,29)32-30-8-12-14(26)15(27)18(31-12)25-9-21-13-16(22-19(20)23-17(13)25)24-6-10-4-2-3-5-11(10)7-24/h2-5,9,12,14-15,18,26-27H,6-8H2,1H3,(H,28,29)/t12-,14-,15-,18-/m1/s1. The maximum absolute atomic E-state index is 11.2. The number of imidazole rings is 1. The molecule has 0 amide bonds. The van der Waals surface area contributed by atoms with E-state index in [2.05, 4.69) is 31.8 Å². The molecule has 1 fully saturated rings. The fourth-order valence-electron chi connectivity index (χ4n) is 4.06. The number of ether oxygens (including phenoxy) is 1. The molecule has 12 nitrogen and oxygen atoms in total. The molecule has 0 radical (unpaired) electrons. The van der Waals surface area contributed by atoms with Crippen molar-refractivity contribution in [2.24, 2.45) is 0 Å². The Morgan fingerprint density at radius 2 is 1.91 bits per heavy atom. The molecule has 2 aromatic heterocycles. The Hall–Kier alpha value is -2.15. The van der Waals surface area contributed by atoms with Crippen LogP contribution in [0.3, 0.4) is 0 Å². The molecule has 0 spiro atoms. The second-order valence-electron chi connectivity index (χ2n) is 7.97. The SMILES string of the molecule is CP(=O)(O)OOC[C@H]1O[C@@H](n2cnc3c(N4Cc5ccccc5C4)nc(Cl)nc32)[C@H](O)[C@@H]1O. The molecule has 2 aliphatic heterocycles. The summed E-state index contributed by atoms with van der Waals surface area (Å²) < 4.78 is 22.7. The minimum absolute atomic E-state index is 0.00170. The minimum atomic E-state index is -3.87. The maximum atomic E-state index is 11.2. The van der Waals surface area contributed by atoms with Gasteiger partial charge in [-0.1, -0.05) is 24.3 Å². The summed E-state index contributed by atoms with van der Waals surface area (Å²) in [6.45, 7) is 1.84. The Labute approximate surface area is 192 Å². The van der Waals surface area contributed by atoms with Gasteiger partial charge in [-0.05, 0) is 22.7 Å². The average molecular weight is 498 g/mol. The van der Waals surface area contributed by atoms with Crippen molar-refractivity contribution in [3.8, 4) is 0 Å². The number of nitrogens with zero attached hydrogens (tertiary/aromatic N) is 5. The van der Waals surface area contributed by atoms with Gasteiger partial charge in [-0.25, -0.2) is 9.87 Å². The van der Waals surface area contributed by atoms with E-state index in [4.69, 9.17) is 26.1 Å². The van der Waals surface area contributed by atoms with Crippen LogP contribution in [0.4, 0.5) is 5.82 Å². The van der Waals surface area contributed by atoms with E-state index in [0.29, 0.717) is 30.1 Å². The Balaban J connectivity index is 1.41. The number of hydrogen-bond acceptors (Lipinski definition) is 10. The zero-order chi connectivity index (χ0) is 23.3. The predicted octanol–water partition coefficient (Wildman–Crippen LogP) is 1.38. The van der Waals surface area contributed by atoms with Crippen LogP contribution in [0, 0.1) is 0 Å². The van der Waals surface area contributed by atoms with Crippen molar-refractivity contribution in [1.82, 2.24) is 19.5 Å². The van der Waals surface area contributed by atoms with E-state index in [1.165, 1.54) is 22.0 Å². The van der Waals surface area contributed by atoms with Gasteiger partial charge in [-0.3, -0.25) is 9.13 Å². The van der Waals surface area contributed by atoms with E-state index in [0.717, 1.165) is 6.66 Å². The van der Waals surface area contributed by atoms with Crippen LogP contribution in [0.5, 0.6) is 0 Å². The summed E-state index contributed by atoms with van der Waals surface area (Å²) in [5.41, 5.74) is 3.15. The van der Waals surface area contributed by atoms with Crippen molar-refractivity contribution in [2.75, 3.05) is 18.2 Å². The Kier molecular flexibility index (Phi) is 5.88. The van der Waals surface area contributed by atoms with Crippen molar-refractivity contribution in [1.29, 1.82) is 0 Å². The molecule has 14 heteroatoms. The second kappa shape index (κ2) is 8.57. The number of aliphatic hydroxyl groups is 2. The number of aliphatic hydroxyl groups excluding tert-OH is 2. The fraction of sp³-hybridized carbons (Fsp3) is 0.421. The van der Waals surface area contributed by atoms with Crippen molar-refractivity contribution in [2.45, 2.75) is 37.6 Å². The molecule has 0 aliphatic carbocycles. The third-order valence-corrected chi connectivity index (χ3v) is 6.10. The van der Waals surface area contributed by atoms with Gasteiger partial charge in [0, 0.05) is 19.8 Å². The van der Waals surface area contributed by atoms with Crippen LogP contribution < -0.4 is 4.90 Å². The molecular formula is C19H21ClN5O7P. The first kappa shape index (κ1) is 22.6. The van der Waals surface area contributed by atoms with E-state index in [1.807, 2.05) is 17.0 Å². The highest BCUT2D eigenvalue weighted by atomic mass is 35.5. The van der Waals surface area contributed by atoms with Crippen molar-refractivity contribution >= 4 is 36.2 Å². The molecule has 1 unspecified atom stereocenters. The van der Waals surface area contributed by atoms with Gasteiger partial charge in [0.25, 0.3) is 0 Å². The van der Waals surface area contributed by atoms with E-state index >= 15 is 0 Å². The smallest absolute Gasteiger partial charge is 0.352 e. The van der Waals surface area contributed by atoms with Gasteiger partial charge in [0.2, 0.25) is 5.28 Å². The molecule has 0 bridgehead atoms. The summed E-state index contributed by atoms with van der Waals surface area (Å²) in [7, 11) is -3.87. The number of halogens is 1. The van der Waals surface area contributed by atoms with Crippen LogP contribution in [0.1, 0.15) is 17.4 Å². The van der Waals surface area contributed by atoms with E-state index in [-0.39, 0.29) is 11.9 Å². The highest BCUT2D eigenvalue weighted by Crippen LogP contribution is 2.38. The van der Waals surface area contributed by atoms with Crippen LogP contribution in [0.15, 0.2) is 30.6 Å². The first-order valence-corrected chi connectivity index (χ1v) is 12.5. The van der Waals surface area contributed by atoms with Crippen LogP contribution in [0.2, 0.25) is 5.28 Å². The lowest BCUT2D eigenvalue weighted by Crippen LogP contribution is -2.33. The Morgan fingerprint density at radius 3 is 2.58 bits per heavy atom. The molecule has 3 aromatic rings. The van der Waals surface area contributed by atoms with E-state index in [1.54, 1.807) is 0 Å². The molecule has 176 valence electrons. The van der Waals surface area contributed by atoms with Gasteiger partial charge in [0.1, 0.15) is 24.9 Å². The molecular weight excluding hydrogens is 477 g/mol. The minimum Gasteiger partial charge on any atom is -0.387 e. The van der Waals surface area contributed by atoms with Crippen LogP contribution in [-0.2, 0) is 32.0 Å². The normalized spacial score (nSPS) is 26.6. The van der Waals surface area contributed by atoms with Crippen molar-refractivity contribution < 1.29 is 34.0 Å². The number of fused-ring (bicyclic) bond motifs is 2. The largest absolute Gasteiger partial charge is 0.387 e. The molecule has 4 heterocycles. The molecule has 1 saturated heterocycles. The highest BCUT2D eigenvalue weighted by Gasteiger charge is 2.45. The van der Waals surface area contributed by atoms with Gasteiger partial charge >= 0.3 is 7.60 Å². The molecule has 33 heavy (non-hydrogen) atoms. The number of aromatic nitrogens is 4. The van der Waals surface area contributed by atoms with Crippen LogP contribution >= 0.6 is 19.2 Å². The molecule has 1 aromatic carbocycles. The van der Waals surface area contributed by atoms with Gasteiger partial charge in [0.15, 0.2) is 23.2 Å². The second-order valence-corrected chi connectivity index (χ2v) is 10.1. The zero-order valence-electron chi connectivity index (χ0n) is 17.4. The summed E-state index contributed by atoms with van der Waals surface area (Å²) in [4.78, 5) is 29.0. The summed E-state index contributed by atoms with van der Waals surface area (Å²) in [6, 6.07) is 8.07. The number of benzene rings is 1. The number of anilines is 1. The van der Waals surface area contributed by atoms with Gasteiger partial charge in [-0.2, -0.15) is 9.97 Å². The summed E-state index contributed by atoms with van der Waals surface area (Å²) >= 11 is 6.22. The molecule has 2 aliphatic rings. The number of hydrogen-bond donors (Lipinski definition) is 3. The first-order valence-electron chi connectivity index (χ1n) is 10.1. The number of rotatable bonds is 6. The fourth-order valence-corrected chi connectivity index (χ4v) is 4.47. The third-order valence-electron chi connectivity index (χ3n) is 5.55. The van der Waals surface area contributed by atoms with E-state index in [9.17, 15) is 14.8 Å². The first-order chi connectivity index (χ1) is 15.7. The molecule has 5 atom stereocenters. The topological polar surface area (TPSA) is 152 Å². The summed E-state index contributed by atoms with van der Waals surface area (Å²) in [5.74, 6) is 0.544. The lowest BCUT2D eigenvalue weighted by molar-refractivity contribution is -0.238. The quantitative estimate of drug-likeness (QED) is 0.196. The molecule has 0 saturated carbocycles. The zero-order valence-corrected chi connectivity index (χ0v) is 19.0. The van der Waals surface area contributed by atoms with Crippen molar-refractivity contribution in [3.05, 3.63) is 47.0 Å². The predicted molar refractivity (Wildman–Crippen MR) is 115 cm³/mol. The van der Waals surface area contributed by atoms with Gasteiger partial charge < -0.3 is 24.7 Å². The summed E-state index contributed by atoms with van der Waals surface area (Å²) in [5, 5.41) is 20.9. The Morgan fingerprint density at radius 1 is 1.21 bits per heavy atom. The highest BCUT2D eigenvalue weighted by molar-refractivity contribution is 7.51. The molecule has 3 N–H and O–H groups in total. The molecule has 5 rings (SSSR count).